The van der Waals surface area contributed by atoms with Crippen LogP contribution in [0.15, 0.2) is 71.9 Å². The van der Waals surface area contributed by atoms with Crippen LogP contribution in [0.3, 0.4) is 0 Å². The molecule has 0 fully saturated rings. The van der Waals surface area contributed by atoms with Gasteiger partial charge in [0.25, 0.3) is 10.0 Å². The van der Waals surface area contributed by atoms with Crippen molar-refractivity contribution >= 4 is 38.7 Å². The number of fused-ring (bicyclic) bond motifs is 1. The Kier molecular flexibility index (Phi) is 6.28. The normalized spacial score (nSPS) is 11.3. The number of phenolic OH excluding ortho intramolecular Hbond substituents is 1. The average molecular weight is 481 g/mol. The van der Waals surface area contributed by atoms with Crippen molar-refractivity contribution in [2.75, 3.05) is 11.4 Å². The van der Waals surface area contributed by atoms with Crippen LogP contribution in [0.5, 0.6) is 11.5 Å². The number of aliphatic carboxylic acids is 1. The van der Waals surface area contributed by atoms with Gasteiger partial charge in [-0.25, -0.2) is 27.7 Å². The van der Waals surface area contributed by atoms with E-state index in [-0.39, 0.29) is 46.4 Å². The summed E-state index contributed by atoms with van der Waals surface area (Å²) in [5, 5.41) is 18.9. The maximum Gasteiger partial charge on any atom is 0.303 e. The van der Waals surface area contributed by atoms with E-state index in [0.717, 1.165) is 4.31 Å². The Morgan fingerprint density at radius 1 is 1.09 bits per heavy atom. The molecule has 0 amide bonds. The molecule has 2 aromatic heterocycles. The highest BCUT2D eigenvalue weighted by molar-refractivity contribution is 7.93. The third-order valence-corrected chi connectivity index (χ3v) is 6.75. The summed E-state index contributed by atoms with van der Waals surface area (Å²) in [7, 11) is -2.86. The SMILES string of the molecule is COc1cc(N(c2cnc3cccnc3n2)S(=O)(=O)c2ccc(CCC(=O)O)cc2)ccc1O. The standard InChI is InChI=1S/C23H20N4O6S/c1-33-20-13-16(7-10-19(20)28)27(21-14-25-18-3-2-12-24-23(18)26-21)34(31,32)17-8-4-15(5-9-17)6-11-22(29)30/h2-5,7-10,12-14,28H,6,11H2,1H3,(H,29,30). The highest BCUT2D eigenvalue weighted by atomic mass is 32.2. The molecule has 0 unspecified atom stereocenters. The molecular formula is C23H20N4O6S. The smallest absolute Gasteiger partial charge is 0.303 e. The van der Waals surface area contributed by atoms with E-state index >= 15 is 0 Å². The number of carboxylic acids is 1. The van der Waals surface area contributed by atoms with Crippen molar-refractivity contribution in [2.24, 2.45) is 0 Å². The molecule has 10 nitrogen and oxygen atoms in total. The molecule has 4 rings (SSSR count). The van der Waals surface area contributed by atoms with Crippen LogP contribution in [0.1, 0.15) is 12.0 Å². The molecule has 2 heterocycles. The fourth-order valence-corrected chi connectivity index (χ4v) is 4.73. The van der Waals surface area contributed by atoms with Gasteiger partial charge in [0.15, 0.2) is 23.0 Å². The van der Waals surface area contributed by atoms with E-state index in [0.29, 0.717) is 11.1 Å². The number of aromatic nitrogens is 3. The third-order valence-electron chi connectivity index (χ3n) is 5.00. The van der Waals surface area contributed by atoms with Gasteiger partial charge in [0, 0.05) is 18.7 Å². The van der Waals surface area contributed by atoms with E-state index in [1.165, 1.54) is 49.8 Å². The number of phenols is 1. The third kappa shape index (κ3) is 4.59. The highest BCUT2D eigenvalue weighted by Gasteiger charge is 2.29. The van der Waals surface area contributed by atoms with Crippen LogP contribution in [-0.4, -0.2) is 46.7 Å². The second kappa shape index (κ2) is 9.32. The van der Waals surface area contributed by atoms with Gasteiger partial charge in [0.1, 0.15) is 5.52 Å². The number of aryl methyl sites for hydroxylation is 1. The molecular weight excluding hydrogens is 460 g/mol. The predicted molar refractivity (Wildman–Crippen MR) is 124 cm³/mol. The lowest BCUT2D eigenvalue weighted by Gasteiger charge is -2.24. The number of ether oxygens (including phenoxy) is 1. The number of anilines is 2. The number of benzene rings is 2. The Morgan fingerprint density at radius 3 is 2.56 bits per heavy atom. The van der Waals surface area contributed by atoms with E-state index in [1.54, 1.807) is 24.3 Å². The Morgan fingerprint density at radius 2 is 1.85 bits per heavy atom. The number of hydrogen-bond donors (Lipinski definition) is 2. The average Bonchev–Trinajstić information content (AvgIpc) is 2.84. The Hall–Kier alpha value is -4.25. The number of carboxylic acid groups (broad SMARTS) is 1. The molecule has 0 spiro atoms. The monoisotopic (exact) mass is 480 g/mol. The fourth-order valence-electron chi connectivity index (χ4n) is 3.31. The summed E-state index contributed by atoms with van der Waals surface area (Å²) >= 11 is 0. The lowest BCUT2D eigenvalue weighted by atomic mass is 10.1. The molecule has 0 bridgehead atoms. The van der Waals surface area contributed by atoms with Crippen molar-refractivity contribution in [3.63, 3.8) is 0 Å². The Balaban J connectivity index is 1.83. The van der Waals surface area contributed by atoms with E-state index in [2.05, 4.69) is 15.0 Å². The quantitative estimate of drug-likeness (QED) is 0.388. The number of rotatable bonds is 8. The molecule has 174 valence electrons. The Labute approximate surface area is 195 Å². The zero-order chi connectivity index (χ0) is 24.3. The predicted octanol–water partition coefficient (Wildman–Crippen LogP) is 3.28. The number of nitrogens with zero attached hydrogens (tertiary/aromatic N) is 4. The van der Waals surface area contributed by atoms with Gasteiger partial charge >= 0.3 is 5.97 Å². The summed E-state index contributed by atoms with van der Waals surface area (Å²) < 4.78 is 33.7. The summed E-state index contributed by atoms with van der Waals surface area (Å²) in [6.07, 6.45) is 3.06. The van der Waals surface area contributed by atoms with Crippen molar-refractivity contribution in [1.82, 2.24) is 15.0 Å². The minimum atomic E-state index is -4.21. The number of sulfonamides is 1. The lowest BCUT2D eigenvalue weighted by Crippen LogP contribution is -2.27. The van der Waals surface area contributed by atoms with Gasteiger partial charge in [-0.15, -0.1) is 0 Å². The molecule has 0 aliphatic carbocycles. The number of pyridine rings is 1. The molecule has 4 aromatic rings. The summed E-state index contributed by atoms with van der Waals surface area (Å²) in [6.45, 7) is 0. The molecule has 0 aliphatic rings. The van der Waals surface area contributed by atoms with Gasteiger partial charge in [-0.3, -0.25) is 4.79 Å². The van der Waals surface area contributed by atoms with Gasteiger partial charge in [-0.2, -0.15) is 0 Å². The van der Waals surface area contributed by atoms with E-state index in [9.17, 15) is 18.3 Å². The summed E-state index contributed by atoms with van der Waals surface area (Å²) in [5.74, 6) is -1.02. The van der Waals surface area contributed by atoms with Crippen molar-refractivity contribution in [3.8, 4) is 11.5 Å². The first kappa shape index (κ1) is 22.9. The van der Waals surface area contributed by atoms with Crippen molar-refractivity contribution in [2.45, 2.75) is 17.7 Å². The van der Waals surface area contributed by atoms with Gasteiger partial charge in [0.05, 0.1) is 23.9 Å². The zero-order valence-electron chi connectivity index (χ0n) is 18.0. The van der Waals surface area contributed by atoms with Crippen LogP contribution in [0.25, 0.3) is 11.2 Å². The van der Waals surface area contributed by atoms with Crippen LogP contribution in [-0.2, 0) is 21.2 Å². The fraction of sp³-hybridized carbons (Fsp3) is 0.130. The number of aromatic hydroxyl groups is 1. The summed E-state index contributed by atoms with van der Waals surface area (Å²) in [6, 6.07) is 13.5. The molecule has 11 heteroatoms. The molecule has 0 atom stereocenters. The van der Waals surface area contributed by atoms with Crippen molar-refractivity contribution in [3.05, 3.63) is 72.6 Å². The second-order valence-corrected chi connectivity index (χ2v) is 9.02. The molecule has 2 aromatic carbocycles. The van der Waals surface area contributed by atoms with Crippen LogP contribution in [0.4, 0.5) is 11.5 Å². The van der Waals surface area contributed by atoms with E-state index < -0.39 is 16.0 Å². The number of carbonyl (C=O) groups is 1. The molecule has 0 saturated carbocycles. The van der Waals surface area contributed by atoms with Gasteiger partial charge in [-0.05, 0) is 48.4 Å². The van der Waals surface area contributed by atoms with Crippen molar-refractivity contribution < 1.29 is 28.2 Å². The minimum absolute atomic E-state index is 0.00565. The molecule has 34 heavy (non-hydrogen) atoms. The van der Waals surface area contributed by atoms with Crippen LogP contribution < -0.4 is 9.04 Å². The first-order valence-electron chi connectivity index (χ1n) is 10.1. The number of hydrogen-bond acceptors (Lipinski definition) is 8. The lowest BCUT2D eigenvalue weighted by molar-refractivity contribution is -0.136. The van der Waals surface area contributed by atoms with Crippen molar-refractivity contribution in [1.29, 1.82) is 0 Å². The largest absolute Gasteiger partial charge is 0.504 e. The Bertz CT molecular complexity index is 1460. The van der Waals surface area contributed by atoms with Gasteiger partial charge < -0.3 is 14.9 Å². The summed E-state index contributed by atoms with van der Waals surface area (Å²) in [5.41, 5.74) is 1.60. The molecule has 2 N–H and O–H groups in total. The van der Waals surface area contributed by atoms with E-state index in [1.807, 2.05) is 0 Å². The topological polar surface area (TPSA) is 143 Å². The maximum absolute atomic E-state index is 13.8. The first-order chi connectivity index (χ1) is 16.3. The minimum Gasteiger partial charge on any atom is -0.504 e. The zero-order valence-corrected chi connectivity index (χ0v) is 18.8. The summed E-state index contributed by atoms with van der Waals surface area (Å²) in [4.78, 5) is 23.6. The highest BCUT2D eigenvalue weighted by Crippen LogP contribution is 2.37. The first-order valence-corrected chi connectivity index (χ1v) is 11.5. The second-order valence-electron chi connectivity index (χ2n) is 7.24. The molecule has 0 saturated heterocycles. The molecule has 0 aliphatic heterocycles. The van der Waals surface area contributed by atoms with Crippen LogP contribution in [0, 0.1) is 0 Å². The van der Waals surface area contributed by atoms with Crippen LogP contribution in [0.2, 0.25) is 0 Å². The van der Waals surface area contributed by atoms with Crippen LogP contribution >= 0.6 is 0 Å². The maximum atomic E-state index is 13.8. The van der Waals surface area contributed by atoms with E-state index in [4.69, 9.17) is 9.84 Å². The number of methoxy groups -OCH3 is 1. The molecule has 0 radical (unpaired) electrons. The van der Waals surface area contributed by atoms with Gasteiger partial charge in [0.2, 0.25) is 0 Å². The van der Waals surface area contributed by atoms with Gasteiger partial charge in [-0.1, -0.05) is 12.1 Å².